The van der Waals surface area contributed by atoms with Gasteiger partial charge in [-0.2, -0.15) is 0 Å². The first-order valence-corrected chi connectivity index (χ1v) is 7.35. The van der Waals surface area contributed by atoms with E-state index < -0.39 is 0 Å². The molecule has 106 valence electrons. The summed E-state index contributed by atoms with van der Waals surface area (Å²) in [4.78, 5) is 23.9. The van der Waals surface area contributed by atoms with E-state index in [0.717, 1.165) is 10.8 Å². The van der Waals surface area contributed by atoms with Gasteiger partial charge in [-0.3, -0.25) is 10.2 Å². The zero-order chi connectivity index (χ0) is 14.7. The summed E-state index contributed by atoms with van der Waals surface area (Å²) in [6, 6.07) is 10.2. The minimum atomic E-state index is -0.175. The van der Waals surface area contributed by atoms with Gasteiger partial charge < -0.3 is 0 Å². The first kappa shape index (κ1) is 13.6. The highest BCUT2D eigenvalue weighted by atomic mass is 32.2. The largest absolute Gasteiger partial charge is 0.274 e. The molecule has 0 spiro atoms. The second kappa shape index (κ2) is 5.92. The van der Waals surface area contributed by atoms with Crippen LogP contribution in [0.5, 0.6) is 0 Å². The molecule has 0 aliphatic carbocycles. The number of fused-ring (bicyclic) bond motifs is 1. The molecule has 0 saturated heterocycles. The van der Waals surface area contributed by atoms with Gasteiger partial charge in [0, 0.05) is 12.7 Å². The van der Waals surface area contributed by atoms with Crippen LogP contribution in [-0.2, 0) is 10.5 Å². The Kier molecular flexibility index (Phi) is 3.83. The number of rotatable bonds is 4. The molecule has 0 radical (unpaired) electrons. The maximum Gasteiger partial charge on any atom is 0.235 e. The second-order valence-corrected chi connectivity index (χ2v) is 5.37. The fourth-order valence-electron chi connectivity index (χ4n) is 1.90. The van der Waals surface area contributed by atoms with E-state index in [-0.39, 0.29) is 5.91 Å². The molecule has 6 nitrogen and oxygen atoms in total. The highest BCUT2D eigenvalue weighted by Gasteiger charge is 2.11. The molecule has 2 aromatic heterocycles. The van der Waals surface area contributed by atoms with Gasteiger partial charge >= 0.3 is 0 Å². The average Bonchev–Trinajstić information content (AvgIpc) is 2.89. The summed E-state index contributed by atoms with van der Waals surface area (Å²) >= 11 is 1.60. The van der Waals surface area contributed by atoms with Gasteiger partial charge in [-0.25, -0.2) is 19.6 Å². The van der Waals surface area contributed by atoms with E-state index in [9.17, 15) is 4.79 Å². The van der Waals surface area contributed by atoms with Crippen LogP contribution in [0.1, 0.15) is 12.5 Å². The molecule has 1 N–H and O–H groups in total. The standard InChI is InChI=1S/C14H13N5OS/c1-10(20)18-19-9-17-12-13(19)15-8-16-14(12)21-7-11-5-3-2-4-6-11/h2-6,8-9H,7H2,1H3,(H,18,20). The summed E-state index contributed by atoms with van der Waals surface area (Å²) in [5.74, 6) is 0.631. The van der Waals surface area contributed by atoms with E-state index in [4.69, 9.17) is 0 Å². The van der Waals surface area contributed by atoms with E-state index in [1.807, 2.05) is 18.2 Å². The molecule has 2 heterocycles. The summed E-state index contributed by atoms with van der Waals surface area (Å²) < 4.78 is 1.51. The molecule has 3 aromatic rings. The Balaban J connectivity index is 1.86. The molecule has 0 saturated carbocycles. The van der Waals surface area contributed by atoms with Crippen LogP contribution in [0.2, 0.25) is 0 Å². The lowest BCUT2D eigenvalue weighted by Crippen LogP contribution is -2.18. The molecule has 1 amide bonds. The molecule has 1 aromatic carbocycles. The van der Waals surface area contributed by atoms with Crippen molar-refractivity contribution in [3.63, 3.8) is 0 Å². The number of nitrogens with zero attached hydrogens (tertiary/aromatic N) is 4. The lowest BCUT2D eigenvalue weighted by atomic mass is 10.2. The summed E-state index contributed by atoms with van der Waals surface area (Å²) in [5.41, 5.74) is 5.14. The number of hydrogen-bond acceptors (Lipinski definition) is 5. The summed E-state index contributed by atoms with van der Waals surface area (Å²) in [5, 5.41) is 0.799. The zero-order valence-corrected chi connectivity index (χ0v) is 12.2. The van der Waals surface area contributed by atoms with Gasteiger partial charge in [0.2, 0.25) is 5.91 Å². The van der Waals surface area contributed by atoms with Crippen molar-refractivity contribution < 1.29 is 4.79 Å². The van der Waals surface area contributed by atoms with E-state index in [1.54, 1.807) is 11.8 Å². The molecule has 0 unspecified atom stereocenters. The Bertz CT molecular complexity index is 771. The van der Waals surface area contributed by atoms with Crippen LogP contribution in [0.4, 0.5) is 0 Å². The van der Waals surface area contributed by atoms with Crippen LogP contribution >= 0.6 is 11.8 Å². The molecule has 7 heteroatoms. The number of amides is 1. The lowest BCUT2D eigenvalue weighted by Gasteiger charge is -2.04. The maximum atomic E-state index is 11.1. The number of thioether (sulfide) groups is 1. The smallest absolute Gasteiger partial charge is 0.235 e. The zero-order valence-electron chi connectivity index (χ0n) is 11.4. The Hall–Kier alpha value is -2.41. The predicted octanol–water partition coefficient (Wildman–Crippen LogP) is 2.21. The van der Waals surface area contributed by atoms with E-state index in [1.165, 1.54) is 29.8 Å². The Morgan fingerprint density at radius 1 is 1.24 bits per heavy atom. The highest BCUT2D eigenvalue weighted by Crippen LogP contribution is 2.25. The van der Waals surface area contributed by atoms with Gasteiger partial charge in [0.05, 0.1) is 0 Å². The van der Waals surface area contributed by atoms with Gasteiger partial charge in [0.25, 0.3) is 0 Å². The van der Waals surface area contributed by atoms with Crippen molar-refractivity contribution >= 4 is 28.8 Å². The monoisotopic (exact) mass is 299 g/mol. The molecule has 0 fully saturated rings. The molecule has 21 heavy (non-hydrogen) atoms. The minimum Gasteiger partial charge on any atom is -0.274 e. The van der Waals surface area contributed by atoms with Crippen LogP contribution in [0.15, 0.2) is 48.0 Å². The average molecular weight is 299 g/mol. The molecule has 0 bridgehead atoms. The van der Waals surface area contributed by atoms with Crippen molar-refractivity contribution in [3.05, 3.63) is 48.5 Å². The fraction of sp³-hybridized carbons (Fsp3) is 0.143. The Morgan fingerprint density at radius 3 is 2.81 bits per heavy atom. The first-order valence-electron chi connectivity index (χ1n) is 6.36. The third kappa shape index (κ3) is 3.03. The maximum absolute atomic E-state index is 11.1. The summed E-state index contributed by atoms with van der Waals surface area (Å²) in [6.07, 6.45) is 3.02. The van der Waals surface area contributed by atoms with Crippen LogP contribution in [0, 0.1) is 0 Å². The summed E-state index contributed by atoms with van der Waals surface area (Å²) in [6.45, 7) is 1.44. The highest BCUT2D eigenvalue weighted by molar-refractivity contribution is 7.98. The van der Waals surface area contributed by atoms with Gasteiger partial charge in [-0.1, -0.05) is 42.1 Å². The lowest BCUT2D eigenvalue weighted by molar-refractivity contribution is -0.115. The number of nitrogens with one attached hydrogen (secondary N) is 1. The number of benzene rings is 1. The molecule has 0 aliphatic heterocycles. The quantitative estimate of drug-likeness (QED) is 0.590. The van der Waals surface area contributed by atoms with E-state index in [0.29, 0.717) is 11.2 Å². The Labute approximate surface area is 125 Å². The molecule has 3 rings (SSSR count). The van der Waals surface area contributed by atoms with Crippen LogP contribution in [-0.4, -0.2) is 25.5 Å². The molecular weight excluding hydrogens is 286 g/mol. The van der Waals surface area contributed by atoms with Crippen molar-refractivity contribution in [2.45, 2.75) is 17.7 Å². The number of carbonyl (C=O) groups excluding carboxylic acids is 1. The van der Waals surface area contributed by atoms with Gasteiger partial charge in [0.15, 0.2) is 5.65 Å². The first-order chi connectivity index (χ1) is 10.2. The number of imidazole rings is 1. The number of hydrogen-bond donors (Lipinski definition) is 1. The van der Waals surface area contributed by atoms with Gasteiger partial charge in [-0.05, 0) is 5.56 Å². The summed E-state index contributed by atoms with van der Waals surface area (Å²) in [7, 11) is 0. The van der Waals surface area contributed by atoms with Crippen molar-refractivity contribution in [1.29, 1.82) is 0 Å². The van der Waals surface area contributed by atoms with Gasteiger partial charge in [-0.15, -0.1) is 0 Å². The van der Waals surface area contributed by atoms with Crippen molar-refractivity contribution in [2.75, 3.05) is 5.43 Å². The normalized spacial score (nSPS) is 10.7. The van der Waals surface area contributed by atoms with Crippen LogP contribution in [0.3, 0.4) is 0 Å². The third-order valence-electron chi connectivity index (χ3n) is 2.80. The SMILES string of the molecule is CC(=O)Nn1cnc2c(SCc3ccccc3)ncnc21. The van der Waals surface area contributed by atoms with Crippen molar-refractivity contribution in [2.24, 2.45) is 0 Å². The number of aromatic nitrogens is 4. The minimum absolute atomic E-state index is 0.175. The van der Waals surface area contributed by atoms with Gasteiger partial charge in [0.1, 0.15) is 23.2 Å². The molecular formula is C14H13N5OS. The molecule has 0 atom stereocenters. The Morgan fingerprint density at radius 2 is 2.05 bits per heavy atom. The molecule has 0 aliphatic rings. The predicted molar refractivity (Wildman–Crippen MR) is 81.4 cm³/mol. The van der Waals surface area contributed by atoms with Crippen LogP contribution < -0.4 is 5.43 Å². The van der Waals surface area contributed by atoms with Crippen LogP contribution in [0.25, 0.3) is 11.2 Å². The van der Waals surface area contributed by atoms with Crippen molar-refractivity contribution in [1.82, 2.24) is 19.6 Å². The third-order valence-corrected chi connectivity index (χ3v) is 3.85. The number of carbonyl (C=O) groups is 1. The van der Waals surface area contributed by atoms with E-state index >= 15 is 0 Å². The van der Waals surface area contributed by atoms with Crippen molar-refractivity contribution in [3.8, 4) is 0 Å². The second-order valence-electron chi connectivity index (χ2n) is 4.41. The fourth-order valence-corrected chi connectivity index (χ4v) is 2.79. The van der Waals surface area contributed by atoms with E-state index in [2.05, 4.69) is 32.5 Å². The topological polar surface area (TPSA) is 72.7 Å².